The van der Waals surface area contributed by atoms with Gasteiger partial charge in [-0.2, -0.15) is 0 Å². The molecule has 2 aliphatic rings. The molecule has 1 N–H and O–H groups in total. The lowest BCUT2D eigenvalue weighted by Gasteiger charge is -2.38. The maximum absolute atomic E-state index is 3.85. The lowest BCUT2D eigenvalue weighted by Crippen LogP contribution is -2.43. The van der Waals surface area contributed by atoms with E-state index in [1.807, 2.05) is 0 Å². The van der Waals surface area contributed by atoms with Gasteiger partial charge in [-0.1, -0.05) is 27.2 Å². The summed E-state index contributed by atoms with van der Waals surface area (Å²) in [5.41, 5.74) is 0. The van der Waals surface area contributed by atoms with Gasteiger partial charge in [-0.15, -0.1) is 0 Å². The summed E-state index contributed by atoms with van der Waals surface area (Å²) in [5, 5.41) is 3.85. The summed E-state index contributed by atoms with van der Waals surface area (Å²) in [7, 11) is 0. The fraction of sp³-hybridized carbons (Fsp3) is 1.00. The molecule has 0 radical (unpaired) electrons. The summed E-state index contributed by atoms with van der Waals surface area (Å²) < 4.78 is 0. The highest BCUT2D eigenvalue weighted by atomic mass is 15.0. The highest BCUT2D eigenvalue weighted by Gasteiger charge is 2.34. The van der Waals surface area contributed by atoms with Crippen LogP contribution in [-0.2, 0) is 0 Å². The molecule has 0 spiro atoms. The van der Waals surface area contributed by atoms with Crippen LogP contribution >= 0.6 is 0 Å². The van der Waals surface area contributed by atoms with Gasteiger partial charge in [0.1, 0.15) is 0 Å². The molecule has 0 aromatic rings. The molecule has 0 aromatic carbocycles. The van der Waals surface area contributed by atoms with Crippen LogP contribution in [0.3, 0.4) is 0 Å². The highest BCUT2D eigenvalue weighted by Crippen LogP contribution is 2.35. The highest BCUT2D eigenvalue weighted by molar-refractivity contribution is 4.91. The molecule has 82 valence electrons. The second-order valence-electron chi connectivity index (χ2n) is 5.87. The summed E-state index contributed by atoms with van der Waals surface area (Å²) in [4.78, 5) is 0. The Kier molecular flexibility index (Phi) is 3.16. The van der Waals surface area contributed by atoms with Crippen molar-refractivity contribution >= 4 is 0 Å². The molecule has 1 nitrogen and oxygen atoms in total. The van der Waals surface area contributed by atoms with E-state index in [-0.39, 0.29) is 0 Å². The van der Waals surface area contributed by atoms with E-state index >= 15 is 0 Å². The molecule has 0 saturated heterocycles. The Labute approximate surface area is 88.7 Å². The SMILES string of the molecule is CC(C)[C@H]1CC[C@H](C)C[C@H]1NC1CC1. The Morgan fingerprint density at radius 2 is 1.79 bits per heavy atom. The average Bonchev–Trinajstić information content (AvgIpc) is 2.87. The Bertz CT molecular complexity index is 182. The van der Waals surface area contributed by atoms with Crippen LogP contribution in [0.25, 0.3) is 0 Å². The normalized spacial score (nSPS) is 39.0. The van der Waals surface area contributed by atoms with Crippen molar-refractivity contribution in [3.8, 4) is 0 Å². The van der Waals surface area contributed by atoms with Crippen molar-refractivity contribution in [3.05, 3.63) is 0 Å². The summed E-state index contributed by atoms with van der Waals surface area (Å²) in [6.45, 7) is 7.20. The summed E-state index contributed by atoms with van der Waals surface area (Å²) in [5.74, 6) is 2.74. The Morgan fingerprint density at radius 3 is 2.36 bits per heavy atom. The third kappa shape index (κ3) is 2.50. The van der Waals surface area contributed by atoms with E-state index in [1.165, 1.54) is 32.1 Å². The Morgan fingerprint density at radius 1 is 1.07 bits per heavy atom. The molecular formula is C13H25N. The van der Waals surface area contributed by atoms with Gasteiger partial charge >= 0.3 is 0 Å². The van der Waals surface area contributed by atoms with Gasteiger partial charge in [0, 0.05) is 12.1 Å². The zero-order valence-corrected chi connectivity index (χ0v) is 9.92. The van der Waals surface area contributed by atoms with Gasteiger partial charge in [0.25, 0.3) is 0 Å². The Hall–Kier alpha value is -0.0400. The third-order valence-corrected chi connectivity index (χ3v) is 4.05. The molecule has 2 rings (SSSR count). The molecule has 14 heavy (non-hydrogen) atoms. The van der Waals surface area contributed by atoms with Crippen molar-refractivity contribution in [2.45, 2.75) is 65.0 Å². The van der Waals surface area contributed by atoms with Crippen LogP contribution < -0.4 is 5.32 Å². The summed E-state index contributed by atoms with van der Waals surface area (Å²) in [6, 6.07) is 1.71. The van der Waals surface area contributed by atoms with Crippen molar-refractivity contribution in [1.29, 1.82) is 0 Å². The Balaban J connectivity index is 1.91. The molecule has 0 aliphatic heterocycles. The first-order valence-electron chi connectivity index (χ1n) is 6.43. The molecule has 2 fully saturated rings. The van der Waals surface area contributed by atoms with Gasteiger partial charge < -0.3 is 5.32 Å². The maximum Gasteiger partial charge on any atom is 0.0103 e. The minimum Gasteiger partial charge on any atom is -0.311 e. The second-order valence-corrected chi connectivity index (χ2v) is 5.87. The summed E-state index contributed by atoms with van der Waals surface area (Å²) >= 11 is 0. The van der Waals surface area contributed by atoms with Gasteiger partial charge in [-0.05, 0) is 43.4 Å². The van der Waals surface area contributed by atoms with Crippen LogP contribution in [0.5, 0.6) is 0 Å². The first-order valence-corrected chi connectivity index (χ1v) is 6.43. The fourth-order valence-electron chi connectivity index (χ4n) is 2.95. The third-order valence-electron chi connectivity index (χ3n) is 4.05. The fourth-order valence-corrected chi connectivity index (χ4v) is 2.95. The second kappa shape index (κ2) is 4.22. The van der Waals surface area contributed by atoms with E-state index in [0.29, 0.717) is 0 Å². The van der Waals surface area contributed by atoms with Gasteiger partial charge in [0.05, 0.1) is 0 Å². The number of rotatable bonds is 3. The summed E-state index contributed by atoms with van der Waals surface area (Å²) in [6.07, 6.45) is 7.17. The maximum atomic E-state index is 3.85. The minimum atomic E-state index is 0.825. The van der Waals surface area contributed by atoms with E-state index < -0.39 is 0 Å². The van der Waals surface area contributed by atoms with Crippen molar-refractivity contribution < 1.29 is 0 Å². The van der Waals surface area contributed by atoms with Crippen LogP contribution in [0.2, 0.25) is 0 Å². The van der Waals surface area contributed by atoms with Crippen molar-refractivity contribution in [2.75, 3.05) is 0 Å². The van der Waals surface area contributed by atoms with Gasteiger partial charge in [-0.3, -0.25) is 0 Å². The smallest absolute Gasteiger partial charge is 0.0103 e. The molecule has 1 heteroatoms. The molecule has 0 amide bonds. The number of nitrogens with one attached hydrogen (secondary N) is 1. The molecule has 2 saturated carbocycles. The van der Waals surface area contributed by atoms with Gasteiger partial charge in [-0.25, -0.2) is 0 Å². The van der Waals surface area contributed by atoms with E-state index in [4.69, 9.17) is 0 Å². The molecule has 0 unspecified atom stereocenters. The minimum absolute atomic E-state index is 0.825. The van der Waals surface area contributed by atoms with Gasteiger partial charge in [0.15, 0.2) is 0 Å². The van der Waals surface area contributed by atoms with Gasteiger partial charge in [0.2, 0.25) is 0 Å². The van der Waals surface area contributed by atoms with E-state index in [0.717, 1.165) is 29.8 Å². The predicted octanol–water partition coefficient (Wildman–Crippen LogP) is 3.20. The van der Waals surface area contributed by atoms with E-state index in [1.54, 1.807) is 0 Å². The quantitative estimate of drug-likeness (QED) is 0.729. The van der Waals surface area contributed by atoms with Crippen LogP contribution in [0.4, 0.5) is 0 Å². The lowest BCUT2D eigenvalue weighted by atomic mass is 9.74. The average molecular weight is 195 g/mol. The molecule has 3 atom stereocenters. The molecule has 2 aliphatic carbocycles. The molecular weight excluding hydrogens is 170 g/mol. The largest absolute Gasteiger partial charge is 0.311 e. The van der Waals surface area contributed by atoms with E-state index in [9.17, 15) is 0 Å². The monoisotopic (exact) mass is 195 g/mol. The molecule has 0 aromatic heterocycles. The zero-order valence-electron chi connectivity index (χ0n) is 9.92. The lowest BCUT2D eigenvalue weighted by molar-refractivity contribution is 0.169. The zero-order chi connectivity index (χ0) is 10.1. The van der Waals surface area contributed by atoms with Crippen molar-refractivity contribution in [3.63, 3.8) is 0 Å². The van der Waals surface area contributed by atoms with Crippen LogP contribution in [-0.4, -0.2) is 12.1 Å². The standard InChI is InChI=1S/C13H25N/c1-9(2)12-7-4-10(3)8-13(12)14-11-5-6-11/h9-14H,4-8H2,1-3H3/t10-,12+,13+/m0/s1. The first-order chi connectivity index (χ1) is 6.66. The predicted molar refractivity (Wildman–Crippen MR) is 61.3 cm³/mol. The van der Waals surface area contributed by atoms with Crippen molar-refractivity contribution in [2.24, 2.45) is 17.8 Å². The number of hydrogen-bond acceptors (Lipinski definition) is 1. The van der Waals surface area contributed by atoms with Crippen LogP contribution in [0, 0.1) is 17.8 Å². The van der Waals surface area contributed by atoms with Crippen molar-refractivity contribution in [1.82, 2.24) is 5.32 Å². The van der Waals surface area contributed by atoms with E-state index in [2.05, 4.69) is 26.1 Å². The molecule has 0 heterocycles. The van der Waals surface area contributed by atoms with Crippen LogP contribution in [0.1, 0.15) is 52.9 Å². The first kappa shape index (κ1) is 10.5. The number of hydrogen-bond donors (Lipinski definition) is 1. The van der Waals surface area contributed by atoms with Crippen LogP contribution in [0.15, 0.2) is 0 Å². The topological polar surface area (TPSA) is 12.0 Å². The molecule has 0 bridgehead atoms.